The van der Waals surface area contributed by atoms with Gasteiger partial charge in [-0.05, 0) is 25.0 Å². The van der Waals surface area contributed by atoms with E-state index in [2.05, 4.69) is 17.5 Å². The monoisotopic (exact) mass is 387 g/mol. The molecule has 1 heterocycles. The Hall–Kier alpha value is -2.56. The fraction of sp³-hybridized carbons (Fsp3) is 0.524. The molecule has 0 bridgehead atoms. The Balaban J connectivity index is 1.56. The van der Waals surface area contributed by atoms with Crippen LogP contribution >= 0.6 is 0 Å². The highest BCUT2D eigenvalue weighted by Gasteiger charge is 2.21. The van der Waals surface area contributed by atoms with Gasteiger partial charge < -0.3 is 19.1 Å². The highest BCUT2D eigenvalue weighted by atomic mass is 16.6. The number of unbranched alkanes of at least 4 members (excludes halogenated alkanes) is 1. The van der Waals surface area contributed by atoms with Crippen LogP contribution in [0.5, 0.6) is 5.75 Å². The van der Waals surface area contributed by atoms with Crippen molar-refractivity contribution in [3.63, 3.8) is 0 Å². The lowest BCUT2D eigenvalue weighted by Gasteiger charge is -2.33. The quantitative estimate of drug-likeness (QED) is 0.429. The topological polar surface area (TPSA) is 75.0 Å². The van der Waals surface area contributed by atoms with E-state index in [1.165, 1.54) is 0 Å². The third-order valence-electron chi connectivity index (χ3n) is 4.45. The van der Waals surface area contributed by atoms with E-state index in [4.69, 9.17) is 19.5 Å². The first-order chi connectivity index (χ1) is 13.7. The molecular formula is C21H29N3O4. The van der Waals surface area contributed by atoms with Crippen LogP contribution in [0.25, 0.3) is 0 Å². The van der Waals surface area contributed by atoms with Crippen molar-refractivity contribution < 1.29 is 19.0 Å². The normalized spacial score (nSPS) is 14.3. The Morgan fingerprint density at radius 3 is 2.64 bits per heavy atom. The summed E-state index contributed by atoms with van der Waals surface area (Å²) in [5.74, 6) is 0.613. The largest absolute Gasteiger partial charge is 0.491 e. The highest BCUT2D eigenvalue weighted by molar-refractivity contribution is 5.67. The van der Waals surface area contributed by atoms with E-state index in [9.17, 15) is 4.79 Å². The predicted octanol–water partition coefficient (Wildman–Crippen LogP) is 2.67. The molecule has 0 spiro atoms. The summed E-state index contributed by atoms with van der Waals surface area (Å²) in [6, 6.07) is 9.35. The molecule has 152 valence electrons. The number of nitriles is 1. The van der Waals surface area contributed by atoms with Crippen molar-refractivity contribution in [1.29, 1.82) is 5.26 Å². The number of ether oxygens (including phenoxy) is 3. The summed E-state index contributed by atoms with van der Waals surface area (Å²) in [4.78, 5) is 16.1. The van der Waals surface area contributed by atoms with Gasteiger partial charge in [0.15, 0.2) is 0 Å². The van der Waals surface area contributed by atoms with Gasteiger partial charge in [0.05, 0.1) is 18.8 Å². The first kappa shape index (κ1) is 21.7. The lowest BCUT2D eigenvalue weighted by molar-refractivity contribution is 0.0694. The lowest BCUT2D eigenvalue weighted by atomic mass is 10.2. The van der Waals surface area contributed by atoms with Crippen molar-refractivity contribution in [1.82, 2.24) is 9.80 Å². The molecule has 0 radical (unpaired) electrons. The summed E-state index contributed by atoms with van der Waals surface area (Å²) in [6.45, 7) is 9.36. The minimum Gasteiger partial charge on any atom is -0.491 e. The summed E-state index contributed by atoms with van der Waals surface area (Å²) < 4.78 is 16.3. The lowest BCUT2D eigenvalue weighted by Crippen LogP contribution is -2.49. The summed E-state index contributed by atoms with van der Waals surface area (Å²) >= 11 is 0. The Morgan fingerprint density at radius 1 is 1.14 bits per heavy atom. The van der Waals surface area contributed by atoms with Crippen LogP contribution in [0.3, 0.4) is 0 Å². The molecule has 1 aromatic rings. The third-order valence-corrected chi connectivity index (χ3v) is 4.45. The molecule has 1 saturated heterocycles. The Morgan fingerprint density at radius 2 is 1.89 bits per heavy atom. The molecule has 0 atom stereocenters. The molecule has 1 aromatic carbocycles. The average Bonchev–Trinajstić information content (AvgIpc) is 2.74. The molecule has 1 amide bonds. The summed E-state index contributed by atoms with van der Waals surface area (Å²) in [7, 11) is 0. The van der Waals surface area contributed by atoms with E-state index in [-0.39, 0.29) is 6.09 Å². The van der Waals surface area contributed by atoms with E-state index in [1.807, 2.05) is 12.1 Å². The number of nitrogens with zero attached hydrogens (tertiary/aromatic N) is 3. The average molecular weight is 387 g/mol. The standard InChI is InChI=1S/C21H29N3O4/c1-2-14-26-15-5-6-16-28-21(25)24-11-9-23(10-12-24)13-17-27-20-8-4-3-7-19(20)18-22/h2-4,7-8H,1,5-6,9-17H2. The number of hydrogen-bond acceptors (Lipinski definition) is 6. The number of hydrogen-bond donors (Lipinski definition) is 0. The van der Waals surface area contributed by atoms with Crippen LogP contribution in [0.2, 0.25) is 0 Å². The van der Waals surface area contributed by atoms with Gasteiger partial charge in [-0.3, -0.25) is 4.90 Å². The molecule has 7 heteroatoms. The van der Waals surface area contributed by atoms with Gasteiger partial charge in [-0.15, -0.1) is 6.58 Å². The number of rotatable bonds is 11. The van der Waals surface area contributed by atoms with E-state index in [0.717, 1.165) is 32.5 Å². The Labute approximate surface area is 167 Å². The zero-order valence-corrected chi connectivity index (χ0v) is 16.3. The van der Waals surface area contributed by atoms with Gasteiger partial charge in [-0.2, -0.15) is 5.26 Å². The maximum absolute atomic E-state index is 12.1. The number of carbonyl (C=O) groups excluding carboxylic acids is 1. The molecular weight excluding hydrogens is 358 g/mol. The minimum atomic E-state index is -0.245. The van der Waals surface area contributed by atoms with E-state index in [1.54, 1.807) is 23.1 Å². The van der Waals surface area contributed by atoms with E-state index < -0.39 is 0 Å². The van der Waals surface area contributed by atoms with Gasteiger partial charge in [0.2, 0.25) is 0 Å². The Kier molecular flexibility index (Phi) is 9.91. The predicted molar refractivity (Wildman–Crippen MR) is 106 cm³/mol. The molecule has 0 aliphatic carbocycles. The van der Waals surface area contributed by atoms with Crippen LogP contribution in [0, 0.1) is 11.3 Å². The minimum absolute atomic E-state index is 0.245. The van der Waals surface area contributed by atoms with Crippen LogP contribution in [-0.4, -0.2) is 75.0 Å². The molecule has 0 aromatic heterocycles. The SMILES string of the molecule is C=CCOCCCCOC(=O)N1CCN(CCOc2ccccc2C#N)CC1. The van der Waals surface area contributed by atoms with Gasteiger partial charge >= 0.3 is 6.09 Å². The smallest absolute Gasteiger partial charge is 0.409 e. The molecule has 7 nitrogen and oxygen atoms in total. The van der Waals surface area contributed by atoms with Crippen molar-refractivity contribution in [2.45, 2.75) is 12.8 Å². The van der Waals surface area contributed by atoms with Crippen molar-refractivity contribution in [2.24, 2.45) is 0 Å². The number of amides is 1. The molecule has 1 aliphatic rings. The second kappa shape index (κ2) is 12.8. The maximum atomic E-state index is 12.1. The first-order valence-electron chi connectivity index (χ1n) is 9.69. The van der Waals surface area contributed by atoms with Crippen molar-refractivity contribution >= 4 is 6.09 Å². The van der Waals surface area contributed by atoms with Gasteiger partial charge in [-0.25, -0.2) is 4.79 Å². The van der Waals surface area contributed by atoms with Gasteiger partial charge in [0.25, 0.3) is 0 Å². The molecule has 2 rings (SSSR count). The van der Waals surface area contributed by atoms with Crippen LogP contribution in [0.4, 0.5) is 4.79 Å². The maximum Gasteiger partial charge on any atom is 0.409 e. The Bertz CT molecular complexity index is 651. The zero-order chi connectivity index (χ0) is 20.0. The summed E-state index contributed by atoms with van der Waals surface area (Å²) in [5.41, 5.74) is 0.544. The van der Waals surface area contributed by atoms with Crippen LogP contribution in [0.15, 0.2) is 36.9 Å². The molecule has 1 aliphatic heterocycles. The van der Waals surface area contributed by atoms with E-state index >= 15 is 0 Å². The van der Waals surface area contributed by atoms with Gasteiger partial charge in [-0.1, -0.05) is 18.2 Å². The summed E-state index contributed by atoms with van der Waals surface area (Å²) in [6.07, 6.45) is 3.14. The third kappa shape index (κ3) is 7.59. The highest BCUT2D eigenvalue weighted by Crippen LogP contribution is 2.16. The van der Waals surface area contributed by atoms with Crippen LogP contribution < -0.4 is 4.74 Å². The molecule has 28 heavy (non-hydrogen) atoms. The van der Waals surface area contributed by atoms with Crippen molar-refractivity contribution in [3.05, 3.63) is 42.5 Å². The van der Waals surface area contributed by atoms with Gasteiger partial charge in [0.1, 0.15) is 18.4 Å². The molecule has 1 fully saturated rings. The second-order valence-electron chi connectivity index (χ2n) is 6.47. The summed E-state index contributed by atoms with van der Waals surface area (Å²) in [5, 5.41) is 9.07. The molecule has 0 N–H and O–H groups in total. The number of carbonyl (C=O) groups is 1. The molecule has 0 saturated carbocycles. The molecule has 0 unspecified atom stereocenters. The van der Waals surface area contributed by atoms with Crippen LogP contribution in [0.1, 0.15) is 18.4 Å². The fourth-order valence-corrected chi connectivity index (χ4v) is 2.85. The first-order valence-corrected chi connectivity index (χ1v) is 9.69. The van der Waals surface area contributed by atoms with E-state index in [0.29, 0.717) is 50.8 Å². The van der Waals surface area contributed by atoms with Crippen molar-refractivity contribution in [3.8, 4) is 11.8 Å². The van der Waals surface area contributed by atoms with Crippen molar-refractivity contribution in [2.75, 3.05) is 59.2 Å². The number of piperazine rings is 1. The fourth-order valence-electron chi connectivity index (χ4n) is 2.85. The van der Waals surface area contributed by atoms with Crippen LogP contribution in [-0.2, 0) is 9.47 Å². The zero-order valence-electron chi connectivity index (χ0n) is 16.3. The number of para-hydroxylation sites is 1. The second-order valence-corrected chi connectivity index (χ2v) is 6.47. The number of benzene rings is 1. The van der Waals surface area contributed by atoms with Gasteiger partial charge in [0, 0.05) is 39.3 Å².